The number of aromatic nitrogens is 1. The summed E-state index contributed by atoms with van der Waals surface area (Å²) in [5.41, 5.74) is 2.55. The largest absolute Gasteiger partial charge is 0.481 e. The highest BCUT2D eigenvalue weighted by Gasteiger charge is 2.49. The van der Waals surface area contributed by atoms with Crippen LogP contribution >= 0.6 is 11.3 Å². The SMILES string of the molecule is CN(Cc1cscn1)C(=O)C1CC1C(=O)O. The van der Waals surface area contributed by atoms with Crippen molar-refractivity contribution in [3.8, 4) is 0 Å². The van der Waals surface area contributed by atoms with Crippen LogP contribution in [0.15, 0.2) is 10.9 Å². The highest BCUT2D eigenvalue weighted by molar-refractivity contribution is 7.07. The van der Waals surface area contributed by atoms with Crippen molar-refractivity contribution in [2.75, 3.05) is 7.05 Å². The van der Waals surface area contributed by atoms with E-state index in [9.17, 15) is 9.59 Å². The molecular weight excluding hydrogens is 228 g/mol. The Morgan fingerprint density at radius 2 is 2.38 bits per heavy atom. The highest BCUT2D eigenvalue weighted by Crippen LogP contribution is 2.40. The first-order valence-electron chi connectivity index (χ1n) is 4.94. The van der Waals surface area contributed by atoms with Crippen molar-refractivity contribution in [2.45, 2.75) is 13.0 Å². The van der Waals surface area contributed by atoms with Crippen LogP contribution in [0.2, 0.25) is 0 Å². The summed E-state index contributed by atoms with van der Waals surface area (Å²) in [6.45, 7) is 0.450. The fraction of sp³-hybridized carbons (Fsp3) is 0.500. The Morgan fingerprint density at radius 3 is 2.88 bits per heavy atom. The van der Waals surface area contributed by atoms with Gasteiger partial charge in [-0.2, -0.15) is 0 Å². The Balaban J connectivity index is 1.89. The van der Waals surface area contributed by atoms with Crippen molar-refractivity contribution in [1.82, 2.24) is 9.88 Å². The first-order chi connectivity index (χ1) is 7.59. The van der Waals surface area contributed by atoms with Crippen LogP contribution in [0.1, 0.15) is 12.1 Å². The van der Waals surface area contributed by atoms with Gasteiger partial charge in [-0.05, 0) is 6.42 Å². The van der Waals surface area contributed by atoms with Crippen LogP contribution in [0.4, 0.5) is 0 Å². The van der Waals surface area contributed by atoms with Gasteiger partial charge in [0.2, 0.25) is 5.91 Å². The molecular formula is C10H12N2O3S. The minimum Gasteiger partial charge on any atom is -0.481 e. The van der Waals surface area contributed by atoms with Crippen LogP contribution in [-0.4, -0.2) is 33.9 Å². The topological polar surface area (TPSA) is 70.5 Å². The van der Waals surface area contributed by atoms with E-state index >= 15 is 0 Å². The Kier molecular flexibility index (Phi) is 2.91. The number of hydrogen-bond donors (Lipinski definition) is 1. The summed E-state index contributed by atoms with van der Waals surface area (Å²) in [5, 5.41) is 10.6. The van der Waals surface area contributed by atoms with Gasteiger partial charge in [0.25, 0.3) is 0 Å². The Bertz CT molecular complexity index is 404. The third-order valence-electron chi connectivity index (χ3n) is 2.68. The van der Waals surface area contributed by atoms with Crippen molar-refractivity contribution >= 4 is 23.2 Å². The summed E-state index contributed by atoms with van der Waals surface area (Å²) < 4.78 is 0. The van der Waals surface area contributed by atoms with E-state index < -0.39 is 11.9 Å². The molecule has 16 heavy (non-hydrogen) atoms. The van der Waals surface area contributed by atoms with Crippen LogP contribution in [0, 0.1) is 11.8 Å². The van der Waals surface area contributed by atoms with Gasteiger partial charge in [0.1, 0.15) is 0 Å². The van der Waals surface area contributed by atoms with E-state index in [4.69, 9.17) is 5.11 Å². The number of thiazole rings is 1. The Hall–Kier alpha value is -1.43. The zero-order valence-corrected chi connectivity index (χ0v) is 9.61. The number of amides is 1. The van der Waals surface area contributed by atoms with Crippen molar-refractivity contribution in [3.05, 3.63) is 16.6 Å². The van der Waals surface area contributed by atoms with Crippen molar-refractivity contribution in [3.63, 3.8) is 0 Å². The summed E-state index contributed by atoms with van der Waals surface area (Å²) in [5.74, 6) is -1.78. The zero-order chi connectivity index (χ0) is 11.7. The normalized spacial score (nSPS) is 22.8. The maximum absolute atomic E-state index is 11.8. The van der Waals surface area contributed by atoms with Gasteiger partial charge in [-0.25, -0.2) is 4.98 Å². The molecule has 0 spiro atoms. The molecule has 86 valence electrons. The molecule has 1 aliphatic carbocycles. The molecule has 0 saturated heterocycles. The molecule has 1 aromatic heterocycles. The predicted octanol–water partition coefficient (Wildman–Crippen LogP) is 0.822. The number of hydrogen-bond acceptors (Lipinski definition) is 4. The number of carboxylic acids is 1. The van der Waals surface area contributed by atoms with Gasteiger partial charge < -0.3 is 10.0 Å². The van der Waals surface area contributed by atoms with E-state index in [0.29, 0.717) is 13.0 Å². The highest BCUT2D eigenvalue weighted by atomic mass is 32.1. The van der Waals surface area contributed by atoms with Crippen LogP contribution in [0.5, 0.6) is 0 Å². The van der Waals surface area contributed by atoms with E-state index in [1.807, 2.05) is 5.38 Å². The number of carbonyl (C=O) groups excluding carboxylic acids is 1. The van der Waals surface area contributed by atoms with E-state index in [1.54, 1.807) is 17.5 Å². The molecule has 0 aromatic carbocycles. The molecule has 5 nitrogen and oxygen atoms in total. The van der Waals surface area contributed by atoms with Crippen LogP contribution < -0.4 is 0 Å². The fourth-order valence-electron chi connectivity index (χ4n) is 1.66. The van der Waals surface area contributed by atoms with Crippen LogP contribution in [0.25, 0.3) is 0 Å². The molecule has 1 aromatic rings. The summed E-state index contributed by atoms with van der Waals surface area (Å²) in [6.07, 6.45) is 0.468. The third-order valence-corrected chi connectivity index (χ3v) is 3.32. The molecule has 2 rings (SSSR count). The van der Waals surface area contributed by atoms with Crippen molar-refractivity contribution in [1.29, 1.82) is 0 Å². The average Bonchev–Trinajstić information content (AvgIpc) is 2.89. The molecule has 6 heteroatoms. The second-order valence-electron chi connectivity index (χ2n) is 3.96. The average molecular weight is 240 g/mol. The molecule has 0 aliphatic heterocycles. The molecule has 1 N–H and O–H groups in total. The monoisotopic (exact) mass is 240 g/mol. The number of nitrogens with zero attached hydrogens (tertiary/aromatic N) is 2. The molecule has 0 bridgehead atoms. The summed E-state index contributed by atoms with van der Waals surface area (Å²) in [7, 11) is 1.68. The van der Waals surface area contributed by atoms with Gasteiger partial charge in [0.15, 0.2) is 0 Å². The lowest BCUT2D eigenvalue weighted by Crippen LogP contribution is -2.28. The second kappa shape index (κ2) is 4.21. The number of rotatable bonds is 4. The molecule has 1 saturated carbocycles. The lowest BCUT2D eigenvalue weighted by atomic mass is 10.3. The number of carbonyl (C=O) groups is 2. The summed E-state index contributed by atoms with van der Waals surface area (Å²) in [4.78, 5) is 28.0. The molecule has 2 unspecified atom stereocenters. The smallest absolute Gasteiger partial charge is 0.307 e. The summed E-state index contributed by atoms with van der Waals surface area (Å²) >= 11 is 1.48. The Labute approximate surface area is 96.7 Å². The lowest BCUT2D eigenvalue weighted by molar-refractivity contribution is -0.141. The maximum Gasteiger partial charge on any atom is 0.307 e. The van der Waals surface area contributed by atoms with E-state index in [0.717, 1.165) is 5.69 Å². The number of aliphatic carboxylic acids is 1. The molecule has 1 aliphatic rings. The zero-order valence-electron chi connectivity index (χ0n) is 8.79. The van der Waals surface area contributed by atoms with Gasteiger partial charge in [-0.15, -0.1) is 11.3 Å². The van der Waals surface area contributed by atoms with Crippen molar-refractivity contribution < 1.29 is 14.7 Å². The minimum absolute atomic E-state index is 0.0969. The van der Waals surface area contributed by atoms with Gasteiger partial charge in [-0.3, -0.25) is 9.59 Å². The first kappa shape index (κ1) is 11.1. The van der Waals surface area contributed by atoms with E-state index in [2.05, 4.69) is 4.98 Å². The number of carboxylic acid groups (broad SMARTS) is 1. The minimum atomic E-state index is -0.875. The van der Waals surface area contributed by atoms with Crippen molar-refractivity contribution in [2.24, 2.45) is 11.8 Å². The van der Waals surface area contributed by atoms with E-state index in [-0.39, 0.29) is 11.8 Å². The fourth-order valence-corrected chi connectivity index (χ4v) is 2.21. The Morgan fingerprint density at radius 1 is 1.62 bits per heavy atom. The van der Waals surface area contributed by atoms with Gasteiger partial charge in [0, 0.05) is 12.4 Å². The van der Waals surface area contributed by atoms with E-state index in [1.165, 1.54) is 11.3 Å². The first-order valence-corrected chi connectivity index (χ1v) is 5.88. The predicted molar refractivity (Wildman–Crippen MR) is 57.8 cm³/mol. The molecule has 0 radical (unpaired) electrons. The molecule has 2 atom stereocenters. The molecule has 1 heterocycles. The van der Waals surface area contributed by atoms with Gasteiger partial charge >= 0.3 is 5.97 Å². The van der Waals surface area contributed by atoms with Crippen LogP contribution in [-0.2, 0) is 16.1 Å². The standard InChI is InChI=1S/C10H12N2O3S/c1-12(3-6-4-16-5-11-6)9(13)7-2-8(7)10(14)15/h4-5,7-8H,2-3H2,1H3,(H,14,15). The van der Waals surface area contributed by atoms with Gasteiger partial charge in [-0.1, -0.05) is 0 Å². The van der Waals surface area contributed by atoms with Gasteiger partial charge in [0.05, 0.1) is 29.6 Å². The second-order valence-corrected chi connectivity index (χ2v) is 4.68. The summed E-state index contributed by atoms with van der Waals surface area (Å²) in [6, 6.07) is 0. The third kappa shape index (κ3) is 2.21. The maximum atomic E-state index is 11.8. The molecule has 1 amide bonds. The lowest BCUT2D eigenvalue weighted by Gasteiger charge is -2.15. The molecule has 1 fully saturated rings. The quantitative estimate of drug-likeness (QED) is 0.846. The van der Waals surface area contributed by atoms with Crippen LogP contribution in [0.3, 0.4) is 0 Å².